The molecule has 0 fully saturated rings. The highest BCUT2D eigenvalue weighted by Gasteiger charge is 2.31. The van der Waals surface area contributed by atoms with E-state index >= 15 is 0 Å². The Hall–Kier alpha value is -2.14. The molecule has 1 aliphatic rings. The molecule has 1 aromatic heterocycles. The molecule has 2 aromatic rings. The maximum Gasteiger partial charge on any atom is 0.269 e. The predicted octanol–water partition coefficient (Wildman–Crippen LogP) is 1.99. The Labute approximate surface area is 130 Å². The van der Waals surface area contributed by atoms with Crippen molar-refractivity contribution in [3.05, 3.63) is 52.8 Å². The van der Waals surface area contributed by atoms with Gasteiger partial charge in [0.2, 0.25) is 0 Å². The van der Waals surface area contributed by atoms with Crippen LogP contribution in [-0.4, -0.2) is 22.2 Å². The van der Waals surface area contributed by atoms with Crippen LogP contribution >= 0.6 is 0 Å². The Kier molecular flexibility index (Phi) is 3.98. The summed E-state index contributed by atoms with van der Waals surface area (Å²) in [4.78, 5) is 11.8. The Morgan fingerprint density at radius 1 is 1.41 bits per heavy atom. The summed E-state index contributed by atoms with van der Waals surface area (Å²) < 4.78 is 1.95. The minimum absolute atomic E-state index is 0.0844. The summed E-state index contributed by atoms with van der Waals surface area (Å²) in [5.74, 6) is -0.447. The van der Waals surface area contributed by atoms with Gasteiger partial charge in [0, 0.05) is 36.3 Å². The zero-order chi connectivity index (χ0) is 15.7. The van der Waals surface area contributed by atoms with Crippen LogP contribution in [0.15, 0.2) is 30.3 Å². The van der Waals surface area contributed by atoms with E-state index in [1.54, 1.807) is 0 Å². The van der Waals surface area contributed by atoms with Gasteiger partial charge in [0.15, 0.2) is 5.69 Å². The first-order valence-electron chi connectivity index (χ1n) is 7.76. The largest absolute Gasteiger partial charge is 0.364 e. The van der Waals surface area contributed by atoms with Gasteiger partial charge in [-0.3, -0.25) is 9.48 Å². The van der Waals surface area contributed by atoms with Crippen molar-refractivity contribution in [1.82, 2.24) is 15.1 Å². The monoisotopic (exact) mass is 298 g/mol. The van der Waals surface area contributed by atoms with Gasteiger partial charge in [-0.25, -0.2) is 0 Å². The zero-order valence-electron chi connectivity index (χ0n) is 13.0. The molecule has 3 rings (SSSR count). The fraction of sp³-hybridized carbons (Fsp3) is 0.412. The number of fused-ring (bicyclic) bond motifs is 1. The molecule has 2 heterocycles. The van der Waals surface area contributed by atoms with Crippen LogP contribution in [0.2, 0.25) is 0 Å². The lowest BCUT2D eigenvalue weighted by molar-refractivity contribution is 0.0993. The molecule has 5 nitrogen and oxygen atoms in total. The fourth-order valence-electron chi connectivity index (χ4n) is 3.20. The molecule has 0 aliphatic carbocycles. The number of amides is 1. The van der Waals surface area contributed by atoms with Gasteiger partial charge < -0.3 is 11.1 Å². The highest BCUT2D eigenvalue weighted by molar-refractivity contribution is 5.92. The number of aromatic nitrogens is 2. The molecule has 0 saturated carbocycles. The van der Waals surface area contributed by atoms with Gasteiger partial charge in [0.25, 0.3) is 5.91 Å². The van der Waals surface area contributed by atoms with E-state index in [4.69, 9.17) is 5.73 Å². The predicted molar refractivity (Wildman–Crippen MR) is 85.7 cm³/mol. The van der Waals surface area contributed by atoms with Crippen molar-refractivity contribution in [1.29, 1.82) is 0 Å². The minimum Gasteiger partial charge on any atom is -0.364 e. The van der Waals surface area contributed by atoms with Crippen LogP contribution < -0.4 is 11.1 Å². The average molecular weight is 298 g/mol. The van der Waals surface area contributed by atoms with E-state index in [1.165, 1.54) is 5.56 Å². The number of benzene rings is 1. The van der Waals surface area contributed by atoms with E-state index in [-0.39, 0.29) is 12.1 Å². The van der Waals surface area contributed by atoms with Crippen molar-refractivity contribution in [3.63, 3.8) is 0 Å². The van der Waals surface area contributed by atoms with E-state index in [0.717, 1.165) is 30.6 Å². The Bertz CT molecular complexity index is 675. The second-order valence-electron chi connectivity index (χ2n) is 6.06. The molecule has 1 unspecified atom stereocenters. The first-order valence-corrected chi connectivity index (χ1v) is 7.76. The molecular weight excluding hydrogens is 276 g/mol. The highest BCUT2D eigenvalue weighted by Crippen LogP contribution is 2.30. The normalized spacial score (nSPS) is 17.5. The number of carbonyl (C=O) groups is 1. The number of nitrogens with one attached hydrogen (secondary N) is 1. The third-order valence-corrected chi connectivity index (χ3v) is 4.16. The minimum atomic E-state index is -0.447. The third-order valence-electron chi connectivity index (χ3n) is 4.16. The van der Waals surface area contributed by atoms with Gasteiger partial charge in [-0.1, -0.05) is 30.3 Å². The Morgan fingerprint density at radius 2 is 2.14 bits per heavy atom. The molecule has 5 heteroatoms. The lowest BCUT2D eigenvalue weighted by Crippen LogP contribution is -2.33. The SMILES string of the molecule is CC(C)n1nc(C(N)=O)c2c1CCNC2Cc1ccccc1. The number of hydrogen-bond acceptors (Lipinski definition) is 3. The molecule has 116 valence electrons. The lowest BCUT2D eigenvalue weighted by atomic mass is 9.92. The first-order chi connectivity index (χ1) is 10.6. The molecule has 0 radical (unpaired) electrons. The summed E-state index contributed by atoms with van der Waals surface area (Å²) in [6.07, 6.45) is 1.71. The molecular formula is C17H22N4O. The lowest BCUT2D eigenvalue weighted by Gasteiger charge is -2.26. The molecule has 22 heavy (non-hydrogen) atoms. The van der Waals surface area contributed by atoms with E-state index < -0.39 is 5.91 Å². The van der Waals surface area contributed by atoms with Crippen LogP contribution in [0.4, 0.5) is 0 Å². The Balaban J connectivity index is 2.03. The fourth-order valence-corrected chi connectivity index (χ4v) is 3.20. The molecule has 0 spiro atoms. The number of primary amides is 1. The molecule has 3 N–H and O–H groups in total. The van der Waals surface area contributed by atoms with Gasteiger partial charge >= 0.3 is 0 Å². The quantitative estimate of drug-likeness (QED) is 0.906. The van der Waals surface area contributed by atoms with E-state index in [0.29, 0.717) is 5.69 Å². The zero-order valence-corrected chi connectivity index (χ0v) is 13.0. The van der Waals surface area contributed by atoms with Crippen molar-refractivity contribution >= 4 is 5.91 Å². The first kappa shape index (κ1) is 14.8. The highest BCUT2D eigenvalue weighted by atomic mass is 16.1. The van der Waals surface area contributed by atoms with Crippen LogP contribution in [0.25, 0.3) is 0 Å². The molecule has 0 saturated heterocycles. The number of hydrogen-bond donors (Lipinski definition) is 2. The van der Waals surface area contributed by atoms with Crippen molar-refractivity contribution in [2.75, 3.05) is 6.54 Å². The summed E-state index contributed by atoms with van der Waals surface area (Å²) in [6, 6.07) is 10.6. The number of carbonyl (C=O) groups excluding carboxylic acids is 1. The van der Waals surface area contributed by atoms with Gasteiger partial charge in [-0.05, 0) is 25.8 Å². The molecule has 0 bridgehead atoms. The van der Waals surface area contributed by atoms with Crippen LogP contribution in [0.5, 0.6) is 0 Å². The van der Waals surface area contributed by atoms with E-state index in [2.05, 4.69) is 36.4 Å². The van der Waals surface area contributed by atoms with E-state index in [9.17, 15) is 4.79 Å². The molecule has 1 aromatic carbocycles. The molecule has 1 aliphatic heterocycles. The number of nitrogens with zero attached hydrogens (tertiary/aromatic N) is 2. The summed E-state index contributed by atoms with van der Waals surface area (Å²) >= 11 is 0. The summed E-state index contributed by atoms with van der Waals surface area (Å²) in [7, 11) is 0. The van der Waals surface area contributed by atoms with Gasteiger partial charge in [0.05, 0.1) is 0 Å². The van der Waals surface area contributed by atoms with Crippen LogP contribution in [0.1, 0.15) is 53.2 Å². The van der Waals surface area contributed by atoms with Crippen molar-refractivity contribution in [2.45, 2.75) is 38.8 Å². The van der Waals surface area contributed by atoms with Gasteiger partial charge in [-0.15, -0.1) is 0 Å². The van der Waals surface area contributed by atoms with Crippen LogP contribution in [0, 0.1) is 0 Å². The molecule has 1 amide bonds. The smallest absolute Gasteiger partial charge is 0.269 e. The topological polar surface area (TPSA) is 72.9 Å². The van der Waals surface area contributed by atoms with Crippen molar-refractivity contribution in [3.8, 4) is 0 Å². The standard InChI is InChI=1S/C17H22N4O/c1-11(2)21-14-8-9-19-13(10-12-6-4-3-5-7-12)15(14)16(20-21)17(18)22/h3-7,11,13,19H,8-10H2,1-2H3,(H2,18,22). The second kappa shape index (κ2) is 5.93. The van der Waals surface area contributed by atoms with Crippen molar-refractivity contribution < 1.29 is 4.79 Å². The third kappa shape index (κ3) is 2.64. The van der Waals surface area contributed by atoms with Crippen molar-refractivity contribution in [2.24, 2.45) is 5.73 Å². The van der Waals surface area contributed by atoms with Crippen LogP contribution in [-0.2, 0) is 12.8 Å². The maximum absolute atomic E-state index is 11.8. The van der Waals surface area contributed by atoms with Crippen LogP contribution in [0.3, 0.4) is 0 Å². The van der Waals surface area contributed by atoms with Gasteiger partial charge in [-0.2, -0.15) is 5.10 Å². The summed E-state index contributed by atoms with van der Waals surface area (Å²) in [5.41, 5.74) is 9.34. The number of rotatable bonds is 4. The second-order valence-corrected chi connectivity index (χ2v) is 6.06. The van der Waals surface area contributed by atoms with E-state index in [1.807, 2.05) is 22.9 Å². The Morgan fingerprint density at radius 3 is 2.77 bits per heavy atom. The average Bonchev–Trinajstić information content (AvgIpc) is 2.89. The maximum atomic E-state index is 11.8. The molecule has 1 atom stereocenters. The summed E-state index contributed by atoms with van der Waals surface area (Å²) in [5, 5.41) is 8.00. The van der Waals surface area contributed by atoms with Gasteiger partial charge in [0.1, 0.15) is 0 Å². The number of nitrogens with two attached hydrogens (primary N) is 1. The summed E-state index contributed by atoms with van der Waals surface area (Å²) in [6.45, 7) is 5.04.